The van der Waals surface area contributed by atoms with Gasteiger partial charge in [0.25, 0.3) is 11.6 Å². The second-order valence-electron chi connectivity index (χ2n) is 7.04. The summed E-state index contributed by atoms with van der Waals surface area (Å²) < 4.78 is 1.44. The van der Waals surface area contributed by atoms with Gasteiger partial charge < -0.3 is 10.2 Å². The van der Waals surface area contributed by atoms with Crippen LogP contribution >= 0.6 is 0 Å². The number of hydrogen-bond acceptors (Lipinski definition) is 6. The molecule has 9 nitrogen and oxygen atoms in total. The number of hydrogen-bond donors (Lipinski definition) is 1. The van der Waals surface area contributed by atoms with E-state index < -0.39 is 4.92 Å². The van der Waals surface area contributed by atoms with Gasteiger partial charge in [0, 0.05) is 25.2 Å². The predicted molar refractivity (Wildman–Crippen MR) is 99.9 cm³/mol. The third-order valence-electron chi connectivity index (χ3n) is 4.77. The molecule has 1 saturated heterocycles. The molecule has 2 heterocycles. The fraction of sp³-hybridized carbons (Fsp3) is 0.500. The molecule has 1 amide bonds. The van der Waals surface area contributed by atoms with Gasteiger partial charge in [0.05, 0.1) is 16.3 Å². The maximum Gasteiger partial charge on any atom is 0.273 e. The molecule has 27 heavy (non-hydrogen) atoms. The monoisotopic (exact) mass is 372 g/mol. The van der Waals surface area contributed by atoms with Crippen LogP contribution in [0.25, 0.3) is 5.69 Å². The molecule has 9 heteroatoms. The van der Waals surface area contributed by atoms with Crippen LogP contribution in [0.15, 0.2) is 24.3 Å². The fourth-order valence-electron chi connectivity index (χ4n) is 3.34. The van der Waals surface area contributed by atoms with E-state index in [4.69, 9.17) is 0 Å². The van der Waals surface area contributed by atoms with Crippen LogP contribution in [0.1, 0.15) is 35.9 Å². The minimum atomic E-state index is -0.467. The average Bonchev–Trinajstić information content (AvgIpc) is 3.29. The van der Waals surface area contributed by atoms with E-state index in [9.17, 15) is 14.9 Å². The van der Waals surface area contributed by atoms with Gasteiger partial charge in [-0.15, -0.1) is 5.10 Å². The van der Waals surface area contributed by atoms with Gasteiger partial charge >= 0.3 is 0 Å². The number of nitro benzene ring substituents is 1. The number of nitrogens with one attached hydrogen (secondary N) is 1. The first kappa shape index (κ1) is 19.0. The maximum absolute atomic E-state index is 12.5. The molecule has 0 aliphatic carbocycles. The number of nitrogens with zero attached hydrogens (tertiary/aromatic N) is 5. The van der Waals surface area contributed by atoms with Crippen LogP contribution < -0.4 is 5.32 Å². The quantitative estimate of drug-likeness (QED) is 0.588. The molecule has 1 aromatic carbocycles. The molecule has 0 spiro atoms. The zero-order chi connectivity index (χ0) is 19.4. The summed E-state index contributed by atoms with van der Waals surface area (Å²) in [6.07, 6.45) is 2.50. The van der Waals surface area contributed by atoms with Crippen molar-refractivity contribution in [3.8, 4) is 5.69 Å². The third-order valence-corrected chi connectivity index (χ3v) is 4.77. The lowest BCUT2D eigenvalue weighted by molar-refractivity contribution is -0.384. The van der Waals surface area contributed by atoms with Crippen molar-refractivity contribution in [3.63, 3.8) is 0 Å². The SMILES string of the molecule is Cc1c(C(=O)NCC(C)CN2CCCC2)nnn1-c1cccc([N+](=O)[O-])c1. The standard InChI is InChI=1S/C18H24N6O3/c1-13(12-22-8-3-4-9-22)11-19-18(25)17-14(2)23(21-20-17)15-6-5-7-16(10-15)24(26)27/h5-7,10,13H,3-4,8-9,11-12H2,1-2H3,(H,19,25). The van der Waals surface area contributed by atoms with Crippen molar-refractivity contribution >= 4 is 11.6 Å². The molecule has 1 unspecified atom stereocenters. The molecule has 0 bridgehead atoms. The Morgan fingerprint density at radius 1 is 1.37 bits per heavy atom. The summed E-state index contributed by atoms with van der Waals surface area (Å²) in [6, 6.07) is 6.08. The number of aromatic nitrogens is 3. The van der Waals surface area contributed by atoms with E-state index in [0.717, 1.165) is 19.6 Å². The van der Waals surface area contributed by atoms with Crippen LogP contribution in [0.5, 0.6) is 0 Å². The summed E-state index contributed by atoms with van der Waals surface area (Å²) >= 11 is 0. The number of non-ortho nitro benzene ring substituents is 1. The Morgan fingerprint density at radius 3 is 2.81 bits per heavy atom. The lowest BCUT2D eigenvalue weighted by Crippen LogP contribution is -2.34. The Labute approximate surface area is 157 Å². The summed E-state index contributed by atoms with van der Waals surface area (Å²) in [5, 5.41) is 21.8. The highest BCUT2D eigenvalue weighted by atomic mass is 16.6. The zero-order valence-electron chi connectivity index (χ0n) is 15.6. The molecule has 2 aromatic rings. The highest BCUT2D eigenvalue weighted by Crippen LogP contribution is 2.18. The Bertz CT molecular complexity index is 828. The van der Waals surface area contributed by atoms with Crippen molar-refractivity contribution in [1.82, 2.24) is 25.2 Å². The van der Waals surface area contributed by atoms with Gasteiger partial charge in [-0.2, -0.15) is 0 Å². The van der Waals surface area contributed by atoms with Gasteiger partial charge in [0.15, 0.2) is 5.69 Å². The highest BCUT2D eigenvalue weighted by molar-refractivity contribution is 5.93. The number of benzene rings is 1. The summed E-state index contributed by atoms with van der Waals surface area (Å²) in [5.41, 5.74) is 1.23. The van der Waals surface area contributed by atoms with Gasteiger partial charge in [0.1, 0.15) is 0 Å². The van der Waals surface area contributed by atoms with Crippen molar-refractivity contribution in [3.05, 3.63) is 45.8 Å². The molecule has 144 valence electrons. The number of carbonyl (C=O) groups is 1. The molecule has 3 rings (SSSR count). The van der Waals surface area contributed by atoms with Gasteiger partial charge in [-0.05, 0) is 44.8 Å². The van der Waals surface area contributed by atoms with Crippen LogP contribution in [-0.2, 0) is 0 Å². The Balaban J connectivity index is 1.64. The second-order valence-corrected chi connectivity index (χ2v) is 7.04. The van der Waals surface area contributed by atoms with Gasteiger partial charge in [-0.25, -0.2) is 4.68 Å². The fourth-order valence-corrected chi connectivity index (χ4v) is 3.34. The number of likely N-dealkylation sites (tertiary alicyclic amines) is 1. The lowest BCUT2D eigenvalue weighted by atomic mass is 10.1. The molecular weight excluding hydrogens is 348 g/mol. The van der Waals surface area contributed by atoms with E-state index in [1.54, 1.807) is 19.1 Å². The van der Waals surface area contributed by atoms with E-state index in [-0.39, 0.29) is 17.3 Å². The molecule has 0 radical (unpaired) electrons. The number of nitro groups is 1. The summed E-state index contributed by atoms with van der Waals surface area (Å²) in [5.74, 6) is 0.0663. The van der Waals surface area contributed by atoms with Crippen LogP contribution in [0.2, 0.25) is 0 Å². The number of carbonyl (C=O) groups excluding carboxylic acids is 1. The predicted octanol–water partition coefficient (Wildman–Crippen LogP) is 1.95. The zero-order valence-corrected chi connectivity index (χ0v) is 15.6. The minimum Gasteiger partial charge on any atom is -0.350 e. The van der Waals surface area contributed by atoms with Crippen molar-refractivity contribution in [1.29, 1.82) is 0 Å². The van der Waals surface area contributed by atoms with Gasteiger partial charge in [0.2, 0.25) is 0 Å². The van der Waals surface area contributed by atoms with Crippen LogP contribution in [0, 0.1) is 23.0 Å². The summed E-state index contributed by atoms with van der Waals surface area (Å²) in [6.45, 7) is 7.65. The molecule has 1 atom stereocenters. The number of rotatable bonds is 7. The van der Waals surface area contributed by atoms with Crippen LogP contribution in [0.3, 0.4) is 0 Å². The first-order chi connectivity index (χ1) is 13.0. The summed E-state index contributed by atoms with van der Waals surface area (Å²) in [4.78, 5) is 25.4. The van der Waals surface area contributed by atoms with Crippen molar-refractivity contribution in [2.75, 3.05) is 26.2 Å². The number of amides is 1. The van der Waals surface area contributed by atoms with Crippen molar-refractivity contribution < 1.29 is 9.72 Å². The highest BCUT2D eigenvalue weighted by Gasteiger charge is 2.20. The Kier molecular flexibility index (Phi) is 5.80. The third kappa shape index (κ3) is 4.48. The average molecular weight is 372 g/mol. The van der Waals surface area contributed by atoms with Crippen LogP contribution in [0.4, 0.5) is 5.69 Å². The maximum atomic E-state index is 12.5. The van der Waals surface area contributed by atoms with Crippen LogP contribution in [-0.4, -0.2) is 56.9 Å². The Morgan fingerprint density at radius 2 is 2.11 bits per heavy atom. The summed E-state index contributed by atoms with van der Waals surface area (Å²) in [7, 11) is 0. The van der Waals surface area contributed by atoms with E-state index in [1.165, 1.54) is 29.7 Å². The molecule has 1 N–H and O–H groups in total. The molecule has 1 fully saturated rings. The second kappa shape index (κ2) is 8.26. The first-order valence-corrected chi connectivity index (χ1v) is 9.13. The molecular formula is C18H24N6O3. The molecule has 1 aromatic heterocycles. The molecule has 1 aliphatic heterocycles. The minimum absolute atomic E-state index is 0.0378. The normalized spacial score (nSPS) is 15.6. The van der Waals surface area contributed by atoms with E-state index in [1.807, 2.05) is 0 Å². The Hall–Kier alpha value is -2.81. The van der Waals surface area contributed by atoms with Crippen molar-refractivity contribution in [2.24, 2.45) is 5.92 Å². The first-order valence-electron chi connectivity index (χ1n) is 9.13. The van der Waals surface area contributed by atoms with E-state index >= 15 is 0 Å². The smallest absolute Gasteiger partial charge is 0.273 e. The van der Waals surface area contributed by atoms with Gasteiger partial charge in [-0.1, -0.05) is 18.2 Å². The largest absolute Gasteiger partial charge is 0.350 e. The molecule has 1 aliphatic rings. The molecule has 0 saturated carbocycles. The topological polar surface area (TPSA) is 106 Å². The lowest BCUT2D eigenvalue weighted by Gasteiger charge is -2.20. The van der Waals surface area contributed by atoms with Gasteiger partial charge in [-0.3, -0.25) is 14.9 Å². The van der Waals surface area contributed by atoms with Crippen molar-refractivity contribution in [2.45, 2.75) is 26.7 Å². The van der Waals surface area contributed by atoms with E-state index in [0.29, 0.717) is 23.8 Å². The van der Waals surface area contributed by atoms with E-state index in [2.05, 4.69) is 27.5 Å².